The van der Waals surface area contributed by atoms with Gasteiger partial charge in [0.1, 0.15) is 0 Å². The Hall–Kier alpha value is -1.64. The number of nitrogens with one attached hydrogen (secondary N) is 2. The molecular weight excluding hydrogens is 411 g/mol. The predicted molar refractivity (Wildman–Crippen MR) is 105 cm³/mol. The highest BCUT2D eigenvalue weighted by molar-refractivity contribution is 7.89. The zero-order valence-electron chi connectivity index (χ0n) is 14.2. The lowest BCUT2D eigenvalue weighted by atomic mass is 10.2. The zero-order chi connectivity index (χ0) is 19.4. The normalized spacial score (nSPS) is 17.0. The average Bonchev–Trinajstić information content (AvgIpc) is 3.13. The highest BCUT2D eigenvalue weighted by Gasteiger charge is 2.20. The van der Waals surface area contributed by atoms with Crippen molar-refractivity contribution in [2.75, 3.05) is 18.5 Å². The van der Waals surface area contributed by atoms with Gasteiger partial charge >= 0.3 is 0 Å². The van der Waals surface area contributed by atoms with E-state index in [2.05, 4.69) is 10.0 Å². The summed E-state index contributed by atoms with van der Waals surface area (Å²) in [6.45, 7) is 0.897. The van der Waals surface area contributed by atoms with Crippen molar-refractivity contribution in [3.63, 3.8) is 0 Å². The summed E-state index contributed by atoms with van der Waals surface area (Å²) in [7, 11) is -3.66. The number of hydrogen-bond donors (Lipinski definition) is 2. The first-order chi connectivity index (χ1) is 12.8. The molecule has 6 nitrogen and oxygen atoms in total. The molecule has 1 amide bonds. The van der Waals surface area contributed by atoms with Gasteiger partial charge in [-0.05, 0) is 55.3 Å². The van der Waals surface area contributed by atoms with Crippen LogP contribution in [0, 0.1) is 0 Å². The van der Waals surface area contributed by atoms with Crippen LogP contribution in [-0.4, -0.2) is 33.6 Å². The van der Waals surface area contributed by atoms with Crippen LogP contribution < -0.4 is 10.0 Å². The molecule has 3 rings (SSSR count). The van der Waals surface area contributed by atoms with Gasteiger partial charge < -0.3 is 10.1 Å². The number of ether oxygens (including phenoxy) is 1. The van der Waals surface area contributed by atoms with Crippen LogP contribution in [0.3, 0.4) is 0 Å². The Morgan fingerprint density at radius 3 is 2.37 bits per heavy atom. The van der Waals surface area contributed by atoms with E-state index in [0.717, 1.165) is 12.8 Å². The van der Waals surface area contributed by atoms with E-state index >= 15 is 0 Å². The fourth-order valence-electron chi connectivity index (χ4n) is 2.71. The molecule has 2 aromatic rings. The van der Waals surface area contributed by atoms with Crippen LogP contribution in [0.2, 0.25) is 10.0 Å². The Morgan fingerprint density at radius 2 is 1.78 bits per heavy atom. The van der Waals surface area contributed by atoms with Gasteiger partial charge in [0.05, 0.1) is 11.0 Å². The first kappa shape index (κ1) is 20.1. The van der Waals surface area contributed by atoms with Gasteiger partial charge in [-0.3, -0.25) is 4.79 Å². The van der Waals surface area contributed by atoms with Crippen LogP contribution in [0.5, 0.6) is 0 Å². The molecule has 1 fully saturated rings. The van der Waals surface area contributed by atoms with Gasteiger partial charge in [-0.1, -0.05) is 23.2 Å². The number of amides is 1. The smallest absolute Gasteiger partial charge is 0.255 e. The predicted octanol–water partition coefficient (Wildman–Crippen LogP) is 3.70. The summed E-state index contributed by atoms with van der Waals surface area (Å²) in [4.78, 5) is 12.4. The van der Waals surface area contributed by atoms with Crippen molar-refractivity contribution in [2.24, 2.45) is 0 Å². The van der Waals surface area contributed by atoms with Crippen molar-refractivity contribution in [1.29, 1.82) is 0 Å². The molecule has 144 valence electrons. The Labute approximate surface area is 167 Å². The highest BCUT2D eigenvalue weighted by atomic mass is 35.5. The number of rotatable bonds is 6. The van der Waals surface area contributed by atoms with Crippen molar-refractivity contribution in [1.82, 2.24) is 4.72 Å². The summed E-state index contributed by atoms with van der Waals surface area (Å²) < 4.78 is 32.6. The van der Waals surface area contributed by atoms with E-state index in [0.29, 0.717) is 27.9 Å². The highest BCUT2D eigenvalue weighted by Crippen LogP contribution is 2.23. The van der Waals surface area contributed by atoms with E-state index in [1.54, 1.807) is 18.2 Å². The molecule has 1 saturated heterocycles. The number of carbonyl (C=O) groups excluding carboxylic acids is 1. The van der Waals surface area contributed by atoms with Gasteiger partial charge in [-0.15, -0.1) is 0 Å². The zero-order valence-corrected chi connectivity index (χ0v) is 16.6. The number of halogens is 2. The Kier molecular flexibility index (Phi) is 6.39. The Balaban J connectivity index is 1.65. The van der Waals surface area contributed by atoms with Gasteiger partial charge in [-0.2, -0.15) is 0 Å². The summed E-state index contributed by atoms with van der Waals surface area (Å²) in [6, 6.07) is 10.4. The lowest BCUT2D eigenvalue weighted by molar-refractivity contribution is 0.102. The number of carbonyl (C=O) groups is 1. The first-order valence-corrected chi connectivity index (χ1v) is 10.6. The SMILES string of the molecule is O=C(Nc1cc(Cl)cc(Cl)c1)c1ccc(S(=O)(=O)NC[C@@H]2CCCO2)cc1. The topological polar surface area (TPSA) is 84.5 Å². The van der Waals surface area contributed by atoms with Gasteiger partial charge in [0.25, 0.3) is 5.91 Å². The van der Waals surface area contributed by atoms with E-state index in [1.165, 1.54) is 24.3 Å². The molecule has 0 unspecified atom stereocenters. The van der Waals surface area contributed by atoms with E-state index < -0.39 is 15.9 Å². The summed E-state index contributed by atoms with van der Waals surface area (Å²) >= 11 is 11.8. The third kappa shape index (κ3) is 5.43. The van der Waals surface area contributed by atoms with Crippen LogP contribution in [0.4, 0.5) is 5.69 Å². The van der Waals surface area contributed by atoms with Crippen LogP contribution >= 0.6 is 23.2 Å². The minimum absolute atomic E-state index is 0.0860. The molecule has 2 aromatic carbocycles. The summed E-state index contributed by atoms with van der Waals surface area (Å²) in [6.07, 6.45) is 1.69. The molecule has 0 aromatic heterocycles. The van der Waals surface area contributed by atoms with Crippen molar-refractivity contribution in [2.45, 2.75) is 23.8 Å². The molecule has 0 aliphatic carbocycles. The van der Waals surface area contributed by atoms with Crippen molar-refractivity contribution < 1.29 is 17.9 Å². The summed E-state index contributed by atoms with van der Waals surface area (Å²) in [5.41, 5.74) is 0.761. The maximum Gasteiger partial charge on any atom is 0.255 e. The van der Waals surface area contributed by atoms with Crippen molar-refractivity contribution in [3.05, 3.63) is 58.1 Å². The largest absolute Gasteiger partial charge is 0.377 e. The average molecular weight is 429 g/mol. The van der Waals surface area contributed by atoms with Crippen molar-refractivity contribution in [3.8, 4) is 0 Å². The molecule has 0 spiro atoms. The van der Waals surface area contributed by atoms with Crippen LogP contribution in [0.1, 0.15) is 23.2 Å². The Bertz CT molecular complexity index is 907. The molecule has 1 aliphatic heterocycles. The second-order valence-corrected chi connectivity index (χ2v) is 8.76. The van der Waals surface area contributed by atoms with Gasteiger partial charge in [-0.25, -0.2) is 13.1 Å². The fraction of sp³-hybridized carbons (Fsp3) is 0.278. The number of anilines is 1. The molecular formula is C18H18Cl2N2O4S. The third-order valence-corrected chi connectivity index (χ3v) is 5.95. The standard InChI is InChI=1S/C18H18Cl2N2O4S/c19-13-8-14(20)10-15(9-13)22-18(23)12-3-5-17(6-4-12)27(24,25)21-11-16-2-1-7-26-16/h3-6,8-10,16,21H,1-2,7,11H2,(H,22,23)/t16-/m0/s1. The first-order valence-electron chi connectivity index (χ1n) is 8.32. The molecule has 0 radical (unpaired) electrons. The molecule has 1 atom stereocenters. The van der Waals surface area contributed by atoms with Gasteiger partial charge in [0.15, 0.2) is 0 Å². The molecule has 0 bridgehead atoms. The van der Waals surface area contributed by atoms with Gasteiger partial charge in [0.2, 0.25) is 10.0 Å². The maximum absolute atomic E-state index is 12.3. The fourth-order valence-corrected chi connectivity index (χ4v) is 4.30. The minimum atomic E-state index is -3.66. The summed E-state index contributed by atoms with van der Waals surface area (Å²) in [5, 5.41) is 3.47. The van der Waals surface area contributed by atoms with E-state index in [-0.39, 0.29) is 17.5 Å². The van der Waals surface area contributed by atoms with Gasteiger partial charge in [0, 0.05) is 34.4 Å². The lowest BCUT2D eigenvalue weighted by Gasteiger charge is -2.12. The molecule has 2 N–H and O–H groups in total. The lowest BCUT2D eigenvalue weighted by Crippen LogP contribution is -2.31. The van der Waals surface area contributed by atoms with E-state index in [9.17, 15) is 13.2 Å². The third-order valence-electron chi connectivity index (χ3n) is 4.07. The quantitative estimate of drug-likeness (QED) is 0.734. The number of hydrogen-bond acceptors (Lipinski definition) is 4. The number of sulfonamides is 1. The molecule has 1 heterocycles. The number of benzene rings is 2. The van der Waals surface area contributed by atoms with E-state index in [4.69, 9.17) is 27.9 Å². The van der Waals surface area contributed by atoms with Crippen LogP contribution in [-0.2, 0) is 14.8 Å². The molecule has 27 heavy (non-hydrogen) atoms. The maximum atomic E-state index is 12.3. The molecule has 0 saturated carbocycles. The molecule has 1 aliphatic rings. The van der Waals surface area contributed by atoms with Crippen molar-refractivity contribution >= 4 is 44.8 Å². The molecule has 9 heteroatoms. The second-order valence-electron chi connectivity index (χ2n) is 6.12. The van der Waals surface area contributed by atoms with Crippen LogP contribution in [0.25, 0.3) is 0 Å². The monoisotopic (exact) mass is 428 g/mol. The minimum Gasteiger partial charge on any atom is -0.377 e. The summed E-state index contributed by atoms with van der Waals surface area (Å²) in [5.74, 6) is -0.399. The van der Waals surface area contributed by atoms with E-state index in [1.807, 2.05) is 0 Å². The Morgan fingerprint density at radius 1 is 1.11 bits per heavy atom. The second kappa shape index (κ2) is 8.58. The van der Waals surface area contributed by atoms with Crippen LogP contribution in [0.15, 0.2) is 47.4 Å².